The molecule has 4 N–H and O–H groups in total. The van der Waals surface area contributed by atoms with E-state index in [9.17, 15) is 4.79 Å². The molecule has 0 bridgehead atoms. The summed E-state index contributed by atoms with van der Waals surface area (Å²) in [6.07, 6.45) is 3.55. The third-order valence-corrected chi connectivity index (χ3v) is 3.07. The zero-order chi connectivity index (χ0) is 10.6. The summed E-state index contributed by atoms with van der Waals surface area (Å²) >= 11 is 0. The van der Waals surface area contributed by atoms with Crippen molar-refractivity contribution < 1.29 is 4.79 Å². The lowest BCUT2D eigenvalue weighted by Gasteiger charge is -2.23. The highest BCUT2D eigenvalue weighted by atomic mass is 16.2. The molecule has 3 unspecified atom stereocenters. The summed E-state index contributed by atoms with van der Waals surface area (Å²) in [6.45, 7) is 2.61. The average molecular weight is 199 g/mol. The Kier molecular flexibility index (Phi) is 4.35. The smallest absolute Gasteiger partial charge is 0.236 e. The van der Waals surface area contributed by atoms with Crippen molar-refractivity contribution in [2.75, 3.05) is 13.6 Å². The summed E-state index contributed by atoms with van der Waals surface area (Å²) in [5.74, 6) is 0.592. The van der Waals surface area contributed by atoms with E-state index < -0.39 is 0 Å². The molecule has 0 aromatic heterocycles. The number of amides is 1. The van der Waals surface area contributed by atoms with Gasteiger partial charge in [-0.2, -0.15) is 0 Å². The van der Waals surface area contributed by atoms with Crippen molar-refractivity contribution in [1.29, 1.82) is 0 Å². The van der Waals surface area contributed by atoms with Gasteiger partial charge in [-0.1, -0.05) is 6.42 Å². The van der Waals surface area contributed by atoms with Crippen LogP contribution in [0.4, 0.5) is 0 Å². The maximum absolute atomic E-state index is 11.3. The van der Waals surface area contributed by atoms with Gasteiger partial charge in [-0.15, -0.1) is 0 Å². The molecule has 3 atom stereocenters. The first-order valence-electron chi connectivity index (χ1n) is 5.36. The molecule has 0 radical (unpaired) electrons. The second-order valence-corrected chi connectivity index (χ2v) is 4.04. The van der Waals surface area contributed by atoms with E-state index in [0.717, 1.165) is 13.0 Å². The summed E-state index contributed by atoms with van der Waals surface area (Å²) in [5, 5.41) is 5.98. The molecule has 1 aliphatic carbocycles. The van der Waals surface area contributed by atoms with Gasteiger partial charge in [-0.05, 0) is 32.2 Å². The van der Waals surface area contributed by atoms with Gasteiger partial charge in [-0.25, -0.2) is 0 Å². The van der Waals surface area contributed by atoms with Gasteiger partial charge in [0.1, 0.15) is 0 Å². The monoisotopic (exact) mass is 199 g/mol. The lowest BCUT2D eigenvalue weighted by Crippen LogP contribution is -2.47. The van der Waals surface area contributed by atoms with E-state index in [1.807, 2.05) is 6.92 Å². The molecule has 82 valence electrons. The van der Waals surface area contributed by atoms with Crippen molar-refractivity contribution in [3.8, 4) is 0 Å². The van der Waals surface area contributed by atoms with Crippen LogP contribution < -0.4 is 16.4 Å². The Labute approximate surface area is 85.6 Å². The number of nitrogens with one attached hydrogen (secondary N) is 2. The van der Waals surface area contributed by atoms with E-state index in [1.54, 1.807) is 7.05 Å². The lowest BCUT2D eigenvalue weighted by atomic mass is 10.0. The van der Waals surface area contributed by atoms with E-state index in [-0.39, 0.29) is 11.9 Å². The first-order chi connectivity index (χ1) is 6.69. The Morgan fingerprint density at radius 2 is 2.29 bits per heavy atom. The van der Waals surface area contributed by atoms with Crippen molar-refractivity contribution in [3.05, 3.63) is 0 Å². The van der Waals surface area contributed by atoms with Crippen LogP contribution in [0.15, 0.2) is 0 Å². The molecule has 1 fully saturated rings. The topological polar surface area (TPSA) is 67.2 Å². The minimum absolute atomic E-state index is 0.0488. The molecular weight excluding hydrogens is 178 g/mol. The summed E-state index contributed by atoms with van der Waals surface area (Å²) in [4.78, 5) is 11.3. The van der Waals surface area contributed by atoms with Crippen LogP contribution in [0, 0.1) is 5.92 Å². The predicted octanol–water partition coefficient (Wildman–Crippen LogP) is -0.162. The molecule has 1 saturated carbocycles. The van der Waals surface area contributed by atoms with E-state index in [1.165, 1.54) is 12.8 Å². The third kappa shape index (κ3) is 2.69. The molecule has 0 aromatic rings. The van der Waals surface area contributed by atoms with Crippen LogP contribution in [0.2, 0.25) is 0 Å². The highest BCUT2D eigenvalue weighted by molar-refractivity contribution is 5.80. The Morgan fingerprint density at radius 3 is 2.86 bits per heavy atom. The number of rotatable bonds is 4. The van der Waals surface area contributed by atoms with Gasteiger partial charge in [0.2, 0.25) is 5.91 Å². The minimum atomic E-state index is -0.114. The normalized spacial score (nSPS) is 28.8. The maximum atomic E-state index is 11.3. The van der Waals surface area contributed by atoms with Crippen molar-refractivity contribution in [2.24, 2.45) is 11.7 Å². The number of carbonyl (C=O) groups excluding carboxylic acids is 1. The highest BCUT2D eigenvalue weighted by Crippen LogP contribution is 2.24. The van der Waals surface area contributed by atoms with Gasteiger partial charge in [0.25, 0.3) is 0 Å². The Morgan fingerprint density at radius 1 is 1.57 bits per heavy atom. The van der Waals surface area contributed by atoms with Gasteiger partial charge < -0.3 is 16.4 Å². The maximum Gasteiger partial charge on any atom is 0.236 e. The summed E-state index contributed by atoms with van der Waals surface area (Å²) in [6, 6.07) is 0.310. The molecule has 0 saturated heterocycles. The summed E-state index contributed by atoms with van der Waals surface area (Å²) < 4.78 is 0. The van der Waals surface area contributed by atoms with Crippen molar-refractivity contribution >= 4 is 5.91 Å². The molecule has 0 heterocycles. The number of nitrogens with two attached hydrogens (primary N) is 1. The van der Waals surface area contributed by atoms with Crippen molar-refractivity contribution in [2.45, 2.75) is 38.3 Å². The summed E-state index contributed by atoms with van der Waals surface area (Å²) in [7, 11) is 1.66. The Balaban J connectivity index is 2.39. The fourth-order valence-corrected chi connectivity index (χ4v) is 2.15. The van der Waals surface area contributed by atoms with Crippen molar-refractivity contribution in [3.63, 3.8) is 0 Å². The first kappa shape index (κ1) is 11.5. The molecular formula is C10H21N3O. The number of carbonyl (C=O) groups is 1. The standard InChI is InChI=1S/C10H21N3O/c1-7(10(14)12-2)13-9-5-3-4-8(9)6-11/h7-9,13H,3-6,11H2,1-2H3,(H,12,14). The quantitative estimate of drug-likeness (QED) is 0.589. The molecule has 0 spiro atoms. The second kappa shape index (κ2) is 5.32. The van der Waals surface area contributed by atoms with E-state index >= 15 is 0 Å². The molecule has 0 aromatic carbocycles. The van der Waals surface area contributed by atoms with Crippen LogP contribution in [-0.2, 0) is 4.79 Å². The number of hydrogen-bond donors (Lipinski definition) is 3. The first-order valence-corrected chi connectivity index (χ1v) is 5.36. The molecule has 1 rings (SSSR count). The zero-order valence-corrected chi connectivity index (χ0v) is 9.05. The third-order valence-electron chi connectivity index (χ3n) is 3.07. The van der Waals surface area contributed by atoms with Gasteiger partial charge in [0, 0.05) is 13.1 Å². The SMILES string of the molecule is CNC(=O)C(C)NC1CCCC1CN. The number of likely N-dealkylation sites (N-methyl/N-ethyl adjacent to an activating group) is 1. The summed E-state index contributed by atoms with van der Waals surface area (Å²) in [5.41, 5.74) is 5.67. The zero-order valence-electron chi connectivity index (χ0n) is 9.05. The minimum Gasteiger partial charge on any atom is -0.358 e. The van der Waals surface area contributed by atoms with Crippen LogP contribution in [0.25, 0.3) is 0 Å². The molecule has 1 amide bonds. The lowest BCUT2D eigenvalue weighted by molar-refractivity contribution is -0.122. The van der Waals surface area contributed by atoms with Crippen molar-refractivity contribution in [1.82, 2.24) is 10.6 Å². The van der Waals surface area contributed by atoms with Gasteiger partial charge in [0.05, 0.1) is 6.04 Å². The van der Waals surface area contributed by atoms with E-state index in [2.05, 4.69) is 10.6 Å². The van der Waals surface area contributed by atoms with Crippen LogP contribution >= 0.6 is 0 Å². The number of hydrogen-bond acceptors (Lipinski definition) is 3. The van der Waals surface area contributed by atoms with Crippen LogP contribution in [0.1, 0.15) is 26.2 Å². The largest absolute Gasteiger partial charge is 0.358 e. The highest BCUT2D eigenvalue weighted by Gasteiger charge is 2.28. The molecule has 14 heavy (non-hydrogen) atoms. The van der Waals surface area contributed by atoms with E-state index in [4.69, 9.17) is 5.73 Å². The average Bonchev–Trinajstić information content (AvgIpc) is 2.63. The van der Waals surface area contributed by atoms with E-state index in [0.29, 0.717) is 12.0 Å². The predicted molar refractivity (Wildman–Crippen MR) is 56.8 cm³/mol. The molecule has 0 aliphatic heterocycles. The van der Waals surface area contributed by atoms with Gasteiger partial charge in [-0.3, -0.25) is 4.79 Å². The molecule has 4 nitrogen and oxygen atoms in total. The van der Waals surface area contributed by atoms with Crippen LogP contribution in [0.5, 0.6) is 0 Å². The van der Waals surface area contributed by atoms with Crippen LogP contribution in [0.3, 0.4) is 0 Å². The second-order valence-electron chi connectivity index (χ2n) is 4.04. The Hall–Kier alpha value is -0.610. The molecule has 1 aliphatic rings. The fourth-order valence-electron chi connectivity index (χ4n) is 2.15. The van der Waals surface area contributed by atoms with Gasteiger partial charge >= 0.3 is 0 Å². The fraction of sp³-hybridized carbons (Fsp3) is 0.900. The van der Waals surface area contributed by atoms with Gasteiger partial charge in [0.15, 0.2) is 0 Å². The van der Waals surface area contributed by atoms with Crippen LogP contribution in [-0.4, -0.2) is 31.6 Å². The molecule has 4 heteroatoms. The Bertz CT molecular complexity index is 196.